The molecule has 0 aliphatic rings. The van der Waals surface area contributed by atoms with Gasteiger partial charge >= 0.3 is 0 Å². The lowest BCUT2D eigenvalue weighted by molar-refractivity contribution is 1.07. The van der Waals surface area contributed by atoms with Gasteiger partial charge in [0.25, 0.3) is 0 Å². The van der Waals surface area contributed by atoms with E-state index >= 15 is 0 Å². The SMILES string of the molecule is Bc1c(B)c(B)c(-c2nc(-c3ccccc3)nc(-c3cc(-c4nc(-c5ccccc5)cc(-c5ccccc5)n4)ccc3-n3c4ccccc4c4ccc(-c5ccccc5)cc43)n2)c(B)c1B. The molecule has 3 aromatic heterocycles. The summed E-state index contributed by atoms with van der Waals surface area (Å²) in [6.45, 7) is 0. The molecule has 0 amide bonds. The third kappa shape index (κ3) is 7.23. The minimum absolute atomic E-state index is 0.554. The monoisotopic (exact) mass is 840 g/mol. The second kappa shape index (κ2) is 16.8. The van der Waals surface area contributed by atoms with Crippen LogP contribution in [0, 0.1) is 0 Å². The summed E-state index contributed by atoms with van der Waals surface area (Å²) in [6, 6.07) is 65.4. The summed E-state index contributed by atoms with van der Waals surface area (Å²) in [5, 5.41) is 2.32. The van der Waals surface area contributed by atoms with Crippen molar-refractivity contribution in [3.8, 4) is 84.9 Å². The molecule has 11 rings (SSSR count). The number of hydrogen-bond donors (Lipinski definition) is 0. The predicted molar refractivity (Wildman–Crippen MR) is 289 cm³/mol. The molecular weight excluding hydrogens is 799 g/mol. The van der Waals surface area contributed by atoms with Gasteiger partial charge in [0.15, 0.2) is 23.3 Å². The Morgan fingerprint density at radius 2 is 0.773 bits per heavy atom. The highest BCUT2D eigenvalue weighted by molar-refractivity contribution is 6.68. The van der Waals surface area contributed by atoms with Gasteiger partial charge in [-0.15, -0.1) is 16.4 Å². The lowest BCUT2D eigenvalue weighted by Crippen LogP contribution is -2.55. The second-order valence-corrected chi connectivity index (χ2v) is 17.0. The molecule has 6 nitrogen and oxygen atoms in total. The topological polar surface area (TPSA) is 69.4 Å². The molecule has 0 radical (unpaired) electrons. The first-order chi connectivity index (χ1) is 32.3. The van der Waals surface area contributed by atoms with Gasteiger partial charge in [-0.2, -0.15) is 0 Å². The molecule has 0 atom stereocenters. The zero-order chi connectivity index (χ0) is 44.9. The predicted octanol–water partition coefficient (Wildman–Crippen LogP) is 4.72. The van der Waals surface area contributed by atoms with Crippen molar-refractivity contribution in [3.05, 3.63) is 188 Å². The molecule has 11 heteroatoms. The Labute approximate surface area is 389 Å². The summed E-state index contributed by atoms with van der Waals surface area (Å²) < 4.78 is 2.37. The van der Waals surface area contributed by atoms with Crippen molar-refractivity contribution in [1.82, 2.24) is 29.5 Å². The molecule has 66 heavy (non-hydrogen) atoms. The highest BCUT2D eigenvalue weighted by Crippen LogP contribution is 2.40. The maximum absolute atomic E-state index is 5.52. The van der Waals surface area contributed by atoms with E-state index in [9.17, 15) is 0 Å². The van der Waals surface area contributed by atoms with Gasteiger partial charge in [-0.25, -0.2) is 24.9 Å². The molecule has 3 heterocycles. The third-order valence-electron chi connectivity index (χ3n) is 13.3. The molecule has 11 aromatic rings. The smallest absolute Gasteiger partial charge is 0.166 e. The van der Waals surface area contributed by atoms with Gasteiger partial charge in [-0.3, -0.25) is 0 Å². The van der Waals surface area contributed by atoms with Crippen molar-refractivity contribution in [2.75, 3.05) is 0 Å². The molecule has 0 saturated heterocycles. The minimum atomic E-state index is 0.554. The fourth-order valence-electron chi connectivity index (χ4n) is 9.34. The van der Waals surface area contributed by atoms with Crippen molar-refractivity contribution in [1.29, 1.82) is 0 Å². The first kappa shape index (κ1) is 40.7. The van der Waals surface area contributed by atoms with Crippen LogP contribution in [0.3, 0.4) is 0 Å². The molecule has 0 N–H and O–H groups in total. The quantitative estimate of drug-likeness (QED) is 0.208. The number of fused-ring (bicyclic) bond motifs is 3. The Morgan fingerprint density at radius 1 is 0.303 bits per heavy atom. The van der Waals surface area contributed by atoms with Crippen molar-refractivity contribution >= 4 is 88.4 Å². The number of nitrogens with zero attached hydrogens (tertiary/aromatic N) is 6. The molecule has 0 aliphatic carbocycles. The number of benzene rings is 8. The molecule has 0 spiro atoms. The minimum Gasteiger partial charge on any atom is -0.308 e. The normalized spacial score (nSPS) is 11.3. The van der Waals surface area contributed by atoms with Gasteiger partial charge in [0.2, 0.25) is 0 Å². The average molecular weight is 840 g/mol. The van der Waals surface area contributed by atoms with E-state index in [-0.39, 0.29) is 0 Å². The Kier molecular flexibility index (Phi) is 10.4. The van der Waals surface area contributed by atoms with Crippen molar-refractivity contribution in [2.45, 2.75) is 0 Å². The van der Waals surface area contributed by atoms with E-state index in [1.807, 2.05) is 54.6 Å². The molecular formula is C55H41B5N6. The highest BCUT2D eigenvalue weighted by Gasteiger charge is 2.23. The van der Waals surface area contributed by atoms with E-state index in [2.05, 4.69) is 177 Å². The second-order valence-electron chi connectivity index (χ2n) is 17.0. The van der Waals surface area contributed by atoms with Crippen LogP contribution in [0.5, 0.6) is 0 Å². The van der Waals surface area contributed by atoms with Crippen LogP contribution in [0.1, 0.15) is 0 Å². The number of rotatable bonds is 8. The van der Waals surface area contributed by atoms with Crippen molar-refractivity contribution in [3.63, 3.8) is 0 Å². The number of hydrogen-bond acceptors (Lipinski definition) is 5. The zero-order valence-electron chi connectivity index (χ0n) is 37.6. The van der Waals surface area contributed by atoms with E-state index in [1.54, 1.807) is 0 Å². The summed E-state index contributed by atoms with van der Waals surface area (Å²) >= 11 is 0. The molecule has 8 aromatic carbocycles. The molecule has 0 bridgehead atoms. The van der Waals surface area contributed by atoms with Crippen LogP contribution < -0.4 is 27.3 Å². The molecule has 0 unspecified atom stereocenters. The van der Waals surface area contributed by atoms with Crippen LogP contribution in [0.2, 0.25) is 0 Å². The fourth-order valence-corrected chi connectivity index (χ4v) is 9.34. The number of para-hydroxylation sites is 1. The van der Waals surface area contributed by atoms with E-state index in [0.717, 1.165) is 94.3 Å². The third-order valence-corrected chi connectivity index (χ3v) is 13.3. The Balaban J connectivity index is 1.24. The summed E-state index contributed by atoms with van der Waals surface area (Å²) in [6.07, 6.45) is 0. The van der Waals surface area contributed by atoms with Gasteiger partial charge in [0.05, 0.1) is 28.1 Å². The Hall–Kier alpha value is -8.03. The summed E-state index contributed by atoms with van der Waals surface area (Å²) in [4.78, 5) is 26.8. The molecule has 0 saturated carbocycles. The van der Waals surface area contributed by atoms with Gasteiger partial charge in [0.1, 0.15) is 39.2 Å². The Morgan fingerprint density at radius 3 is 1.39 bits per heavy atom. The van der Waals surface area contributed by atoms with E-state index in [1.165, 1.54) is 16.4 Å². The van der Waals surface area contributed by atoms with Crippen LogP contribution in [-0.2, 0) is 0 Å². The Bertz CT molecular complexity index is 3560. The lowest BCUT2D eigenvalue weighted by atomic mass is 9.60. The van der Waals surface area contributed by atoms with Crippen LogP contribution in [0.4, 0.5) is 0 Å². The summed E-state index contributed by atoms with van der Waals surface area (Å²) in [5.74, 6) is 2.39. The fraction of sp³-hybridized carbons (Fsp3) is 0. The van der Waals surface area contributed by atoms with Crippen LogP contribution in [0.15, 0.2) is 188 Å². The standard InChI is InChI=1S/C55H41B5N6/c56-47-46(48(57)50(59)51(60)49(47)58)55-64-52(35-21-11-4-12-22-35)63-54(65-55)40-29-37(53-61-41(33-17-7-2-8-18-33)31-42(62-53)34-19-9-3-10-20-34)26-28-44(40)66-43-24-14-13-23-38(43)39-27-25-36(30-45(39)66)32-15-5-1-6-16-32/h1-31H,56-60H2. The van der Waals surface area contributed by atoms with E-state index < -0.39 is 0 Å². The van der Waals surface area contributed by atoms with E-state index in [4.69, 9.17) is 24.9 Å². The first-order valence-electron chi connectivity index (χ1n) is 22.4. The largest absolute Gasteiger partial charge is 0.308 e. The van der Waals surface area contributed by atoms with Crippen LogP contribution >= 0.6 is 0 Å². The molecule has 0 aliphatic heterocycles. The average Bonchev–Trinajstić information content (AvgIpc) is 3.71. The van der Waals surface area contributed by atoms with Gasteiger partial charge in [0, 0.05) is 44.2 Å². The van der Waals surface area contributed by atoms with Crippen LogP contribution in [0.25, 0.3) is 107 Å². The molecule has 0 fully saturated rings. The summed E-state index contributed by atoms with van der Waals surface area (Å²) in [7, 11) is 11.0. The zero-order valence-corrected chi connectivity index (χ0v) is 37.6. The van der Waals surface area contributed by atoms with Gasteiger partial charge in [-0.1, -0.05) is 163 Å². The van der Waals surface area contributed by atoms with Gasteiger partial charge in [-0.05, 0) is 47.5 Å². The first-order valence-corrected chi connectivity index (χ1v) is 22.4. The van der Waals surface area contributed by atoms with Crippen molar-refractivity contribution in [2.24, 2.45) is 0 Å². The lowest BCUT2D eigenvalue weighted by Gasteiger charge is -2.20. The summed E-state index contributed by atoms with van der Waals surface area (Å²) in [5.41, 5.74) is 18.8. The highest BCUT2D eigenvalue weighted by atomic mass is 15.1. The molecule has 306 valence electrons. The maximum Gasteiger partial charge on any atom is 0.166 e. The maximum atomic E-state index is 5.52. The number of aromatic nitrogens is 6. The van der Waals surface area contributed by atoms with Crippen molar-refractivity contribution < 1.29 is 0 Å². The van der Waals surface area contributed by atoms with Crippen LogP contribution in [-0.4, -0.2) is 68.7 Å². The van der Waals surface area contributed by atoms with Gasteiger partial charge < -0.3 is 4.57 Å². The van der Waals surface area contributed by atoms with E-state index in [0.29, 0.717) is 23.3 Å².